The van der Waals surface area contributed by atoms with Crippen LogP contribution in [-0.4, -0.2) is 88.7 Å². The second-order valence-electron chi connectivity index (χ2n) is 6.52. The molecule has 2 aromatic heterocycles. The van der Waals surface area contributed by atoms with Gasteiger partial charge in [0, 0.05) is 63.3 Å². The monoisotopic (exact) mass is 371 g/mol. The summed E-state index contributed by atoms with van der Waals surface area (Å²) in [5.74, 6) is -0.0262. The van der Waals surface area contributed by atoms with Crippen LogP contribution in [-0.2, 0) is 4.79 Å². The summed E-state index contributed by atoms with van der Waals surface area (Å²) in [5.41, 5.74) is 1.54. The highest BCUT2D eigenvalue weighted by Crippen LogP contribution is 2.20. The highest BCUT2D eigenvalue weighted by molar-refractivity contribution is 5.72. The standard InChI is InChI=1S/C18H25N7O2/c1-24-7-9-25(10-8-24)6-5-20-16-11-15(14-3-2-4-19-12-14)22-18(23-16)21-13-17(26)27/h2-4,11-12H,5-10,13H2,1H3,(H,26,27)(H2,20,21,22,23). The molecule has 144 valence electrons. The van der Waals surface area contributed by atoms with Gasteiger partial charge in [-0.2, -0.15) is 4.98 Å². The van der Waals surface area contributed by atoms with Gasteiger partial charge in [-0.1, -0.05) is 0 Å². The highest BCUT2D eigenvalue weighted by Gasteiger charge is 2.13. The van der Waals surface area contributed by atoms with E-state index in [1.54, 1.807) is 12.4 Å². The van der Waals surface area contributed by atoms with E-state index in [9.17, 15) is 4.79 Å². The maximum Gasteiger partial charge on any atom is 0.322 e. The quantitative estimate of drug-likeness (QED) is 0.618. The third kappa shape index (κ3) is 5.87. The summed E-state index contributed by atoms with van der Waals surface area (Å²) in [7, 11) is 2.14. The number of anilines is 2. The SMILES string of the molecule is CN1CCN(CCNc2cc(-c3cccnc3)nc(NCC(=O)O)n2)CC1. The van der Waals surface area contributed by atoms with Crippen LogP contribution in [0, 0.1) is 0 Å². The molecule has 0 saturated carbocycles. The lowest BCUT2D eigenvalue weighted by Gasteiger charge is -2.32. The molecule has 9 nitrogen and oxygen atoms in total. The summed E-state index contributed by atoms with van der Waals surface area (Å²) < 4.78 is 0. The number of hydrogen-bond donors (Lipinski definition) is 3. The first-order chi connectivity index (χ1) is 13.1. The van der Waals surface area contributed by atoms with E-state index in [0.29, 0.717) is 11.5 Å². The minimum atomic E-state index is -0.963. The van der Waals surface area contributed by atoms with E-state index in [1.807, 2.05) is 18.2 Å². The van der Waals surface area contributed by atoms with Crippen molar-refractivity contribution in [3.8, 4) is 11.3 Å². The van der Waals surface area contributed by atoms with E-state index in [1.165, 1.54) is 0 Å². The molecule has 27 heavy (non-hydrogen) atoms. The lowest BCUT2D eigenvalue weighted by molar-refractivity contribution is -0.134. The minimum absolute atomic E-state index is 0.239. The largest absolute Gasteiger partial charge is 0.480 e. The number of carboxylic acid groups (broad SMARTS) is 1. The van der Waals surface area contributed by atoms with Crippen molar-refractivity contribution in [1.82, 2.24) is 24.8 Å². The summed E-state index contributed by atoms with van der Waals surface area (Å²) in [6, 6.07) is 5.60. The summed E-state index contributed by atoms with van der Waals surface area (Å²) >= 11 is 0. The van der Waals surface area contributed by atoms with Gasteiger partial charge >= 0.3 is 5.97 Å². The van der Waals surface area contributed by atoms with Crippen LogP contribution >= 0.6 is 0 Å². The number of rotatable bonds is 8. The zero-order valence-corrected chi connectivity index (χ0v) is 15.4. The van der Waals surface area contributed by atoms with E-state index >= 15 is 0 Å². The van der Waals surface area contributed by atoms with Gasteiger partial charge in [0.05, 0.1) is 5.69 Å². The molecule has 0 bridgehead atoms. The summed E-state index contributed by atoms with van der Waals surface area (Å²) in [6.07, 6.45) is 3.42. The Morgan fingerprint density at radius 1 is 1.22 bits per heavy atom. The molecule has 3 heterocycles. The fourth-order valence-electron chi connectivity index (χ4n) is 2.85. The molecular formula is C18H25N7O2. The first-order valence-corrected chi connectivity index (χ1v) is 9.00. The number of hydrogen-bond acceptors (Lipinski definition) is 8. The Balaban J connectivity index is 1.67. The first-order valence-electron chi connectivity index (χ1n) is 9.00. The molecule has 1 aliphatic rings. The number of carbonyl (C=O) groups is 1. The molecule has 0 spiro atoms. The van der Waals surface area contributed by atoms with E-state index in [0.717, 1.165) is 44.8 Å². The topological polar surface area (TPSA) is 107 Å². The van der Waals surface area contributed by atoms with Crippen LogP contribution in [0.4, 0.5) is 11.8 Å². The highest BCUT2D eigenvalue weighted by atomic mass is 16.4. The van der Waals surface area contributed by atoms with Gasteiger partial charge in [0.25, 0.3) is 0 Å². The van der Waals surface area contributed by atoms with Crippen LogP contribution in [0.5, 0.6) is 0 Å². The number of piperazine rings is 1. The van der Waals surface area contributed by atoms with Gasteiger partial charge in [-0.15, -0.1) is 0 Å². The van der Waals surface area contributed by atoms with E-state index in [2.05, 4.69) is 42.4 Å². The lowest BCUT2D eigenvalue weighted by Crippen LogP contribution is -2.45. The molecule has 2 aromatic rings. The van der Waals surface area contributed by atoms with Crippen molar-refractivity contribution in [3.05, 3.63) is 30.6 Å². The van der Waals surface area contributed by atoms with E-state index in [-0.39, 0.29) is 12.5 Å². The normalized spacial score (nSPS) is 15.4. The molecule has 0 aromatic carbocycles. The van der Waals surface area contributed by atoms with Crippen LogP contribution in [0.15, 0.2) is 30.6 Å². The van der Waals surface area contributed by atoms with Crippen molar-refractivity contribution >= 4 is 17.7 Å². The van der Waals surface area contributed by atoms with Crippen molar-refractivity contribution < 1.29 is 9.90 Å². The maximum atomic E-state index is 10.8. The van der Waals surface area contributed by atoms with Crippen molar-refractivity contribution in [2.24, 2.45) is 0 Å². The Morgan fingerprint density at radius 2 is 2.04 bits per heavy atom. The molecule has 0 amide bonds. The Morgan fingerprint density at radius 3 is 2.74 bits per heavy atom. The molecule has 0 radical (unpaired) electrons. The van der Waals surface area contributed by atoms with Gasteiger partial charge in [-0.3, -0.25) is 14.7 Å². The van der Waals surface area contributed by atoms with Gasteiger partial charge in [0.15, 0.2) is 0 Å². The van der Waals surface area contributed by atoms with Crippen LogP contribution in [0.2, 0.25) is 0 Å². The summed E-state index contributed by atoms with van der Waals surface area (Å²) in [6.45, 7) is 5.74. The summed E-state index contributed by atoms with van der Waals surface area (Å²) in [4.78, 5) is 28.5. The second-order valence-corrected chi connectivity index (χ2v) is 6.52. The third-order valence-electron chi connectivity index (χ3n) is 4.41. The number of likely N-dealkylation sites (N-methyl/N-ethyl adjacent to an activating group) is 1. The van der Waals surface area contributed by atoms with Crippen LogP contribution < -0.4 is 10.6 Å². The third-order valence-corrected chi connectivity index (χ3v) is 4.41. The molecule has 0 unspecified atom stereocenters. The molecule has 1 aliphatic heterocycles. The zero-order chi connectivity index (χ0) is 19.1. The zero-order valence-electron chi connectivity index (χ0n) is 15.4. The number of aliphatic carboxylic acids is 1. The molecule has 0 atom stereocenters. The number of aromatic nitrogens is 3. The molecule has 3 N–H and O–H groups in total. The second kappa shape index (κ2) is 9.24. The molecule has 0 aliphatic carbocycles. The van der Waals surface area contributed by atoms with Crippen molar-refractivity contribution in [2.45, 2.75) is 0 Å². The number of nitrogens with zero attached hydrogens (tertiary/aromatic N) is 5. The Labute approximate surface area is 158 Å². The summed E-state index contributed by atoms with van der Waals surface area (Å²) in [5, 5.41) is 15.0. The van der Waals surface area contributed by atoms with Gasteiger partial charge in [0.2, 0.25) is 5.95 Å². The molecule has 3 rings (SSSR count). The molecular weight excluding hydrogens is 346 g/mol. The average Bonchev–Trinajstić information content (AvgIpc) is 2.68. The van der Waals surface area contributed by atoms with Gasteiger partial charge in [0.1, 0.15) is 12.4 Å². The predicted octanol–water partition coefficient (Wildman–Crippen LogP) is 0.694. The van der Waals surface area contributed by atoms with Crippen LogP contribution in [0.25, 0.3) is 11.3 Å². The van der Waals surface area contributed by atoms with E-state index < -0.39 is 5.97 Å². The Hall–Kier alpha value is -2.78. The number of carboxylic acids is 1. The predicted molar refractivity (Wildman–Crippen MR) is 104 cm³/mol. The van der Waals surface area contributed by atoms with Crippen molar-refractivity contribution in [1.29, 1.82) is 0 Å². The van der Waals surface area contributed by atoms with Gasteiger partial charge in [-0.05, 0) is 19.2 Å². The van der Waals surface area contributed by atoms with Gasteiger partial charge < -0.3 is 20.6 Å². The average molecular weight is 371 g/mol. The van der Waals surface area contributed by atoms with Crippen molar-refractivity contribution in [2.75, 3.05) is 63.5 Å². The Bertz CT molecular complexity index is 749. The first kappa shape index (κ1) is 19.0. The lowest BCUT2D eigenvalue weighted by atomic mass is 10.2. The molecule has 1 fully saturated rings. The molecule has 9 heteroatoms. The maximum absolute atomic E-state index is 10.8. The Kier molecular flexibility index (Phi) is 6.50. The van der Waals surface area contributed by atoms with Crippen molar-refractivity contribution in [3.63, 3.8) is 0 Å². The fourth-order valence-corrected chi connectivity index (χ4v) is 2.85. The van der Waals surface area contributed by atoms with Gasteiger partial charge in [-0.25, -0.2) is 4.98 Å². The minimum Gasteiger partial charge on any atom is -0.480 e. The number of nitrogens with one attached hydrogen (secondary N) is 2. The smallest absolute Gasteiger partial charge is 0.322 e. The fraction of sp³-hybridized carbons (Fsp3) is 0.444. The number of pyridine rings is 1. The van der Waals surface area contributed by atoms with Crippen LogP contribution in [0.1, 0.15) is 0 Å². The van der Waals surface area contributed by atoms with E-state index in [4.69, 9.17) is 5.11 Å². The molecule has 1 saturated heterocycles. The van der Waals surface area contributed by atoms with Crippen LogP contribution in [0.3, 0.4) is 0 Å².